The summed E-state index contributed by atoms with van der Waals surface area (Å²) in [6, 6.07) is 23.6. The Bertz CT molecular complexity index is 1610. The van der Waals surface area contributed by atoms with Crippen molar-refractivity contribution >= 4 is 35.0 Å². The van der Waals surface area contributed by atoms with Gasteiger partial charge in [0.25, 0.3) is 0 Å². The number of carbonyl (C=O) groups excluding carboxylic acids is 2. The lowest BCUT2D eigenvalue weighted by Crippen LogP contribution is -2.32. The minimum absolute atomic E-state index is 0.0324. The van der Waals surface area contributed by atoms with E-state index in [0.29, 0.717) is 43.9 Å². The molecule has 0 saturated carbocycles. The number of hydroxylamine groups is 1. The number of nitrogens with one attached hydrogen (secondary N) is 2. The summed E-state index contributed by atoms with van der Waals surface area (Å²) in [7, 11) is 0. The Morgan fingerprint density at radius 3 is 2.28 bits per heavy atom. The van der Waals surface area contributed by atoms with Crippen molar-refractivity contribution < 1.29 is 29.4 Å². The molecule has 1 fully saturated rings. The SMILES string of the molecule is O=C(CCCCC(=O)NCc1ccccc1-c1ccc([C@@H]2O[C@H](Cn3cnc(Cl)c3Cl)C[C@H](c3ccc(CO)cc3)O2)cc1)NO. The molecule has 0 aliphatic carbocycles. The normalized spacial score (nSPS) is 17.9. The molecule has 4 aromatic rings. The minimum Gasteiger partial charge on any atom is -0.392 e. The standard InChI is InChI=1S/C34H36Cl2N4O6/c35-32-33(36)40(21-38-32)19-27-17-29(24-11-9-22(20-41)10-12-24)46-34(45-27)25-15-13-23(14-16-25)28-6-2-1-5-26(28)18-37-30(42)7-3-4-8-31(43)39-44/h1-2,5-6,9-16,21,27,29,34,41,44H,3-4,7-8,17-20H2,(H,37,42)(H,39,43)/t27-,29+,34+/m0/s1. The van der Waals surface area contributed by atoms with Crippen LogP contribution in [0.4, 0.5) is 0 Å². The molecular formula is C34H36Cl2N4O6. The monoisotopic (exact) mass is 666 g/mol. The number of benzene rings is 3. The van der Waals surface area contributed by atoms with Crippen molar-refractivity contribution in [1.29, 1.82) is 0 Å². The molecule has 46 heavy (non-hydrogen) atoms. The van der Waals surface area contributed by atoms with E-state index in [0.717, 1.165) is 33.4 Å². The van der Waals surface area contributed by atoms with Gasteiger partial charge in [-0.15, -0.1) is 0 Å². The molecule has 0 spiro atoms. The van der Waals surface area contributed by atoms with Crippen LogP contribution in [0.5, 0.6) is 0 Å². The lowest BCUT2D eigenvalue weighted by atomic mass is 9.97. The first-order valence-electron chi connectivity index (χ1n) is 15.1. The third-order valence-electron chi connectivity index (χ3n) is 7.92. The van der Waals surface area contributed by atoms with Crippen LogP contribution < -0.4 is 10.8 Å². The maximum absolute atomic E-state index is 12.4. The van der Waals surface area contributed by atoms with Crippen molar-refractivity contribution in [2.45, 2.75) is 70.3 Å². The van der Waals surface area contributed by atoms with Gasteiger partial charge in [0.15, 0.2) is 11.4 Å². The number of hydrogen-bond acceptors (Lipinski definition) is 7. The largest absolute Gasteiger partial charge is 0.392 e. The molecule has 1 aliphatic rings. The summed E-state index contributed by atoms with van der Waals surface area (Å²) in [5.41, 5.74) is 7.19. The zero-order valence-corrected chi connectivity index (χ0v) is 26.6. The van der Waals surface area contributed by atoms with Crippen molar-refractivity contribution in [3.63, 3.8) is 0 Å². The zero-order chi connectivity index (χ0) is 32.5. The number of aromatic nitrogens is 2. The molecule has 3 aromatic carbocycles. The fourth-order valence-electron chi connectivity index (χ4n) is 5.41. The predicted molar refractivity (Wildman–Crippen MR) is 173 cm³/mol. The molecule has 0 bridgehead atoms. The number of carbonyl (C=O) groups is 2. The summed E-state index contributed by atoms with van der Waals surface area (Å²) in [5.74, 6) is -0.560. The van der Waals surface area contributed by atoms with Crippen molar-refractivity contribution in [3.05, 3.63) is 112 Å². The van der Waals surface area contributed by atoms with Crippen LogP contribution in [0.1, 0.15) is 66.8 Å². The summed E-state index contributed by atoms with van der Waals surface area (Å²) in [6.45, 7) is 0.774. The van der Waals surface area contributed by atoms with Gasteiger partial charge in [0, 0.05) is 31.4 Å². The smallest absolute Gasteiger partial charge is 0.243 e. The fraction of sp³-hybridized carbons (Fsp3) is 0.324. The summed E-state index contributed by atoms with van der Waals surface area (Å²) >= 11 is 12.4. The Morgan fingerprint density at radius 2 is 1.61 bits per heavy atom. The van der Waals surface area contributed by atoms with Crippen LogP contribution in [0.3, 0.4) is 0 Å². The summed E-state index contributed by atoms with van der Waals surface area (Å²) in [6.07, 6.45) is 2.55. The lowest BCUT2D eigenvalue weighted by molar-refractivity contribution is -0.252. The van der Waals surface area contributed by atoms with Crippen LogP contribution in [0, 0.1) is 0 Å². The Kier molecular flexibility index (Phi) is 11.8. The van der Waals surface area contributed by atoms with Crippen LogP contribution in [0.2, 0.25) is 10.3 Å². The molecule has 5 rings (SSSR count). The second kappa shape index (κ2) is 16.2. The maximum atomic E-state index is 12.4. The van der Waals surface area contributed by atoms with Gasteiger partial charge in [0.05, 0.1) is 31.7 Å². The number of nitrogens with zero attached hydrogens (tertiary/aromatic N) is 2. The van der Waals surface area contributed by atoms with E-state index in [2.05, 4.69) is 10.3 Å². The van der Waals surface area contributed by atoms with Crippen LogP contribution in [-0.2, 0) is 38.8 Å². The van der Waals surface area contributed by atoms with E-state index in [4.69, 9.17) is 37.9 Å². The van der Waals surface area contributed by atoms with Crippen molar-refractivity contribution in [3.8, 4) is 11.1 Å². The highest BCUT2D eigenvalue weighted by molar-refractivity contribution is 6.40. The molecule has 2 amide bonds. The summed E-state index contributed by atoms with van der Waals surface area (Å²) in [4.78, 5) is 27.6. The number of rotatable bonds is 13. The van der Waals surface area contributed by atoms with Crippen LogP contribution >= 0.6 is 23.2 Å². The van der Waals surface area contributed by atoms with E-state index >= 15 is 0 Å². The molecule has 3 atom stereocenters. The number of amides is 2. The molecule has 12 heteroatoms. The van der Waals surface area contributed by atoms with Gasteiger partial charge >= 0.3 is 0 Å². The first-order valence-corrected chi connectivity index (χ1v) is 15.8. The van der Waals surface area contributed by atoms with Crippen molar-refractivity contribution in [1.82, 2.24) is 20.3 Å². The second-order valence-corrected chi connectivity index (χ2v) is 11.8. The van der Waals surface area contributed by atoms with Crippen molar-refractivity contribution in [2.75, 3.05) is 0 Å². The number of aliphatic hydroxyl groups excluding tert-OH is 1. The molecule has 0 unspecified atom stereocenters. The van der Waals surface area contributed by atoms with Crippen LogP contribution in [0.25, 0.3) is 11.1 Å². The van der Waals surface area contributed by atoms with Gasteiger partial charge in [-0.25, -0.2) is 10.5 Å². The number of unbranched alkanes of at least 4 members (excludes halogenated alkanes) is 1. The van der Waals surface area contributed by atoms with Gasteiger partial charge in [0.1, 0.15) is 5.15 Å². The molecule has 1 saturated heterocycles. The minimum atomic E-state index is -0.647. The average molecular weight is 668 g/mol. The predicted octanol–water partition coefficient (Wildman–Crippen LogP) is 6.28. The van der Waals surface area contributed by atoms with Gasteiger partial charge in [-0.3, -0.25) is 14.8 Å². The third-order valence-corrected chi connectivity index (χ3v) is 8.69. The Hall–Kier alpha value is -3.77. The van der Waals surface area contributed by atoms with E-state index in [9.17, 15) is 14.7 Å². The molecular weight excluding hydrogens is 631 g/mol. The zero-order valence-electron chi connectivity index (χ0n) is 25.1. The highest BCUT2D eigenvalue weighted by Crippen LogP contribution is 2.39. The van der Waals surface area contributed by atoms with Gasteiger partial charge in [-0.05, 0) is 40.7 Å². The summed E-state index contributed by atoms with van der Waals surface area (Å²) < 4.78 is 14.7. The molecule has 1 aromatic heterocycles. The Labute approximate surface area is 277 Å². The van der Waals surface area contributed by atoms with E-state index < -0.39 is 12.2 Å². The number of hydrogen-bond donors (Lipinski definition) is 4. The quantitative estimate of drug-likeness (QED) is 0.0750. The number of halogens is 2. The fourth-order valence-corrected chi connectivity index (χ4v) is 5.72. The maximum Gasteiger partial charge on any atom is 0.243 e. The first kappa shape index (κ1) is 33.6. The van der Waals surface area contributed by atoms with E-state index in [1.165, 1.54) is 0 Å². The second-order valence-electron chi connectivity index (χ2n) is 11.1. The van der Waals surface area contributed by atoms with E-state index in [-0.39, 0.29) is 36.3 Å². The van der Waals surface area contributed by atoms with Gasteiger partial charge in [0.2, 0.25) is 11.8 Å². The van der Waals surface area contributed by atoms with E-state index in [1.54, 1.807) is 16.4 Å². The van der Waals surface area contributed by atoms with Gasteiger partial charge < -0.3 is 24.5 Å². The number of ether oxygens (including phenoxy) is 2. The Morgan fingerprint density at radius 1 is 0.913 bits per heavy atom. The summed E-state index contributed by atoms with van der Waals surface area (Å²) in [5, 5.41) is 21.6. The van der Waals surface area contributed by atoms with Crippen LogP contribution in [0.15, 0.2) is 79.1 Å². The number of aliphatic hydroxyl groups is 1. The third kappa shape index (κ3) is 8.73. The highest BCUT2D eigenvalue weighted by Gasteiger charge is 2.33. The first-order chi connectivity index (χ1) is 22.3. The van der Waals surface area contributed by atoms with Crippen molar-refractivity contribution in [2.24, 2.45) is 0 Å². The average Bonchev–Trinajstić information content (AvgIpc) is 3.41. The molecule has 2 heterocycles. The van der Waals surface area contributed by atoms with Gasteiger partial charge in [-0.2, -0.15) is 0 Å². The molecule has 0 radical (unpaired) electrons. The topological polar surface area (TPSA) is 135 Å². The van der Waals surface area contributed by atoms with E-state index in [1.807, 2.05) is 72.8 Å². The van der Waals surface area contributed by atoms with Crippen LogP contribution in [-0.4, -0.2) is 37.8 Å². The lowest BCUT2D eigenvalue weighted by Gasteiger charge is -2.36. The molecule has 1 aliphatic heterocycles. The Balaban J connectivity index is 1.28. The highest BCUT2D eigenvalue weighted by atomic mass is 35.5. The molecule has 4 N–H and O–H groups in total. The molecule has 242 valence electrons. The molecule has 10 nitrogen and oxygen atoms in total. The van der Waals surface area contributed by atoms with Gasteiger partial charge in [-0.1, -0.05) is 96.0 Å². The number of imidazole rings is 1.